The van der Waals surface area contributed by atoms with Gasteiger partial charge in [0.25, 0.3) is 0 Å². The lowest BCUT2D eigenvalue weighted by Crippen LogP contribution is -2.50. The third-order valence-corrected chi connectivity index (χ3v) is 2.30. The van der Waals surface area contributed by atoms with Crippen molar-refractivity contribution in [3.8, 4) is 0 Å². The van der Waals surface area contributed by atoms with Crippen molar-refractivity contribution in [2.75, 3.05) is 26.2 Å². The molecule has 0 amide bonds. The largest absolute Gasteiger partial charge is 0.479 e. The molecule has 1 aliphatic heterocycles. The number of nitrogens with two attached hydrogens (primary N) is 1. The van der Waals surface area contributed by atoms with Gasteiger partial charge in [-0.2, -0.15) is 0 Å². The van der Waals surface area contributed by atoms with E-state index in [0.717, 1.165) is 0 Å². The van der Waals surface area contributed by atoms with Crippen molar-refractivity contribution in [1.82, 2.24) is 5.32 Å². The van der Waals surface area contributed by atoms with Gasteiger partial charge in [-0.1, -0.05) is 0 Å². The third kappa shape index (κ3) is 2.40. The molecule has 13 heavy (non-hydrogen) atoms. The average Bonchev–Trinajstić information content (AvgIpc) is 2.16. The second-order valence-electron chi connectivity index (χ2n) is 3.19. The van der Waals surface area contributed by atoms with E-state index in [9.17, 15) is 4.79 Å². The van der Waals surface area contributed by atoms with E-state index in [4.69, 9.17) is 15.6 Å². The van der Waals surface area contributed by atoms with Crippen LogP contribution < -0.4 is 11.1 Å². The van der Waals surface area contributed by atoms with Gasteiger partial charge >= 0.3 is 5.97 Å². The van der Waals surface area contributed by atoms with Crippen LogP contribution in [-0.4, -0.2) is 42.9 Å². The quantitative estimate of drug-likeness (QED) is 0.536. The molecule has 0 aromatic heterocycles. The van der Waals surface area contributed by atoms with E-state index in [1.54, 1.807) is 0 Å². The molecule has 0 unspecified atom stereocenters. The maximum atomic E-state index is 11.0. The van der Waals surface area contributed by atoms with E-state index in [0.29, 0.717) is 39.1 Å². The van der Waals surface area contributed by atoms with Crippen LogP contribution in [-0.2, 0) is 9.53 Å². The van der Waals surface area contributed by atoms with Gasteiger partial charge in [-0.25, -0.2) is 4.79 Å². The third-order valence-electron chi connectivity index (χ3n) is 2.30. The molecular weight excluding hydrogens is 172 g/mol. The Morgan fingerprint density at radius 2 is 2.15 bits per heavy atom. The molecule has 0 aliphatic carbocycles. The minimum absolute atomic E-state index is 0.312. The number of hydrogen-bond acceptors (Lipinski definition) is 4. The summed E-state index contributed by atoms with van der Waals surface area (Å²) in [6.07, 6.45) is 1.03. The minimum atomic E-state index is -0.995. The second kappa shape index (κ2) is 4.55. The van der Waals surface area contributed by atoms with Gasteiger partial charge in [-0.15, -0.1) is 0 Å². The van der Waals surface area contributed by atoms with Gasteiger partial charge in [0, 0.05) is 6.54 Å². The Kier molecular flexibility index (Phi) is 3.65. The van der Waals surface area contributed by atoms with Crippen LogP contribution in [0.1, 0.15) is 12.8 Å². The smallest absolute Gasteiger partial charge is 0.336 e. The van der Waals surface area contributed by atoms with Crippen molar-refractivity contribution in [3.63, 3.8) is 0 Å². The maximum absolute atomic E-state index is 11.0. The van der Waals surface area contributed by atoms with Gasteiger partial charge in [0.05, 0.1) is 6.61 Å². The molecule has 0 aromatic rings. The molecular formula is C8H16N2O3. The van der Waals surface area contributed by atoms with Gasteiger partial charge in [-0.3, -0.25) is 0 Å². The van der Waals surface area contributed by atoms with Crippen LogP contribution in [0.15, 0.2) is 0 Å². The zero-order chi connectivity index (χ0) is 9.73. The molecule has 0 spiro atoms. The molecule has 0 radical (unpaired) electrons. The maximum Gasteiger partial charge on any atom is 0.336 e. The lowest BCUT2D eigenvalue weighted by molar-refractivity contribution is -0.169. The Bertz CT molecular complexity index is 178. The molecule has 0 bridgehead atoms. The standard InChI is InChI=1S/C8H16N2O3/c9-3-6-13-8(7(11)12)1-4-10-5-2-8/h10H,1-6,9H2,(H,11,12). The molecule has 1 heterocycles. The summed E-state index contributed by atoms with van der Waals surface area (Å²) in [6.45, 7) is 2.06. The van der Waals surface area contributed by atoms with Gasteiger partial charge in [0.15, 0.2) is 5.60 Å². The van der Waals surface area contributed by atoms with Crippen LogP contribution in [0.3, 0.4) is 0 Å². The van der Waals surface area contributed by atoms with Crippen molar-refractivity contribution in [2.45, 2.75) is 18.4 Å². The highest BCUT2D eigenvalue weighted by molar-refractivity contribution is 5.77. The van der Waals surface area contributed by atoms with Gasteiger partial charge in [0.2, 0.25) is 0 Å². The molecule has 1 saturated heterocycles. The summed E-state index contributed by atoms with van der Waals surface area (Å²) in [7, 11) is 0. The minimum Gasteiger partial charge on any atom is -0.479 e. The Hall–Kier alpha value is -0.650. The molecule has 4 N–H and O–H groups in total. The van der Waals surface area contributed by atoms with Crippen molar-refractivity contribution in [3.05, 3.63) is 0 Å². The predicted octanol–water partition coefficient (Wildman–Crippen LogP) is -0.831. The van der Waals surface area contributed by atoms with Gasteiger partial charge in [-0.05, 0) is 25.9 Å². The van der Waals surface area contributed by atoms with Crippen molar-refractivity contribution in [2.24, 2.45) is 5.73 Å². The number of ether oxygens (including phenoxy) is 1. The molecule has 0 aromatic carbocycles. The van der Waals surface area contributed by atoms with Crippen molar-refractivity contribution in [1.29, 1.82) is 0 Å². The fraction of sp³-hybridized carbons (Fsp3) is 0.875. The number of aliphatic carboxylic acids is 1. The van der Waals surface area contributed by atoms with Crippen LogP contribution >= 0.6 is 0 Å². The first kappa shape index (κ1) is 10.4. The number of piperidine rings is 1. The summed E-state index contributed by atoms with van der Waals surface area (Å²) < 4.78 is 5.32. The van der Waals surface area contributed by atoms with E-state index in [1.807, 2.05) is 0 Å². The molecule has 5 heteroatoms. The van der Waals surface area contributed by atoms with Gasteiger partial charge in [0.1, 0.15) is 0 Å². The van der Waals surface area contributed by atoms with Crippen LogP contribution in [0, 0.1) is 0 Å². The summed E-state index contributed by atoms with van der Waals surface area (Å²) in [6, 6.07) is 0. The monoisotopic (exact) mass is 188 g/mol. The summed E-state index contributed by atoms with van der Waals surface area (Å²) in [4.78, 5) is 11.0. The van der Waals surface area contributed by atoms with Gasteiger partial charge < -0.3 is 20.9 Å². The summed E-state index contributed by atoms with van der Waals surface area (Å²) in [5.41, 5.74) is 4.28. The van der Waals surface area contributed by atoms with E-state index < -0.39 is 11.6 Å². The zero-order valence-corrected chi connectivity index (χ0v) is 7.58. The predicted molar refractivity (Wildman–Crippen MR) is 47.5 cm³/mol. The fourth-order valence-electron chi connectivity index (χ4n) is 1.50. The van der Waals surface area contributed by atoms with Crippen LogP contribution in [0.4, 0.5) is 0 Å². The topological polar surface area (TPSA) is 84.6 Å². The zero-order valence-electron chi connectivity index (χ0n) is 7.58. The summed E-state index contributed by atoms with van der Waals surface area (Å²) in [5.74, 6) is -0.873. The van der Waals surface area contributed by atoms with Crippen LogP contribution in [0.25, 0.3) is 0 Å². The summed E-state index contributed by atoms with van der Waals surface area (Å²) >= 11 is 0. The van der Waals surface area contributed by atoms with Crippen LogP contribution in [0.2, 0.25) is 0 Å². The SMILES string of the molecule is NCCOC1(C(=O)O)CCNCC1. The first-order valence-electron chi connectivity index (χ1n) is 4.49. The highest BCUT2D eigenvalue weighted by Crippen LogP contribution is 2.23. The van der Waals surface area contributed by atoms with Crippen LogP contribution in [0.5, 0.6) is 0 Å². The molecule has 1 fully saturated rings. The summed E-state index contributed by atoms with van der Waals surface area (Å²) in [5, 5.41) is 12.1. The number of nitrogens with one attached hydrogen (secondary N) is 1. The number of carbonyl (C=O) groups is 1. The normalized spacial score (nSPS) is 21.3. The Morgan fingerprint density at radius 3 is 2.62 bits per heavy atom. The number of carboxylic acids is 1. The van der Waals surface area contributed by atoms with E-state index in [2.05, 4.69) is 5.32 Å². The average molecular weight is 188 g/mol. The fourth-order valence-corrected chi connectivity index (χ4v) is 1.50. The number of carboxylic acid groups (broad SMARTS) is 1. The Balaban J connectivity index is 2.56. The highest BCUT2D eigenvalue weighted by Gasteiger charge is 2.40. The number of hydrogen-bond donors (Lipinski definition) is 3. The van der Waals surface area contributed by atoms with E-state index >= 15 is 0 Å². The number of rotatable bonds is 4. The molecule has 0 atom stereocenters. The van der Waals surface area contributed by atoms with E-state index in [-0.39, 0.29) is 0 Å². The molecule has 5 nitrogen and oxygen atoms in total. The second-order valence-corrected chi connectivity index (χ2v) is 3.19. The first-order valence-corrected chi connectivity index (χ1v) is 4.49. The van der Waals surface area contributed by atoms with E-state index in [1.165, 1.54) is 0 Å². The molecule has 76 valence electrons. The van der Waals surface area contributed by atoms with Crippen molar-refractivity contribution >= 4 is 5.97 Å². The molecule has 0 saturated carbocycles. The molecule has 1 rings (SSSR count). The first-order chi connectivity index (χ1) is 6.21. The van der Waals surface area contributed by atoms with Crippen molar-refractivity contribution < 1.29 is 14.6 Å². The lowest BCUT2D eigenvalue weighted by atomic mass is 9.92. The highest BCUT2D eigenvalue weighted by atomic mass is 16.5. The Labute approximate surface area is 77.2 Å². The Morgan fingerprint density at radius 1 is 1.54 bits per heavy atom. The molecule has 1 aliphatic rings. The lowest BCUT2D eigenvalue weighted by Gasteiger charge is -2.33.